The van der Waals surface area contributed by atoms with Gasteiger partial charge in [0.15, 0.2) is 0 Å². The highest BCUT2D eigenvalue weighted by molar-refractivity contribution is 5.74. The molecule has 1 N–H and O–H groups in total. The summed E-state index contributed by atoms with van der Waals surface area (Å²) >= 11 is 0. The smallest absolute Gasteiger partial charge is 0.320 e. The van der Waals surface area contributed by atoms with E-state index in [4.69, 9.17) is 4.74 Å². The van der Waals surface area contributed by atoms with Crippen molar-refractivity contribution in [3.63, 3.8) is 0 Å². The van der Waals surface area contributed by atoms with Crippen LogP contribution in [0.15, 0.2) is 18.2 Å². The van der Waals surface area contributed by atoms with E-state index in [9.17, 15) is 14.3 Å². The SMILES string of the molecule is CCC(c1cc(F)ccc1OC)N1CCCC1C(=O)O. The Morgan fingerprint density at radius 1 is 1.60 bits per heavy atom. The lowest BCUT2D eigenvalue weighted by molar-refractivity contribution is -0.143. The van der Waals surface area contributed by atoms with E-state index in [2.05, 4.69) is 0 Å². The Morgan fingerprint density at radius 2 is 2.35 bits per heavy atom. The van der Waals surface area contributed by atoms with Crippen LogP contribution in [-0.2, 0) is 4.79 Å². The maximum atomic E-state index is 13.5. The number of benzene rings is 1. The summed E-state index contributed by atoms with van der Waals surface area (Å²) in [5.41, 5.74) is 0.725. The van der Waals surface area contributed by atoms with Crippen LogP contribution >= 0.6 is 0 Å². The van der Waals surface area contributed by atoms with Gasteiger partial charge in [-0.3, -0.25) is 9.69 Å². The number of carboxylic acids is 1. The number of carbonyl (C=O) groups is 1. The molecule has 1 aliphatic rings. The van der Waals surface area contributed by atoms with E-state index in [1.54, 1.807) is 13.2 Å². The molecule has 2 unspecified atom stereocenters. The second kappa shape index (κ2) is 6.22. The van der Waals surface area contributed by atoms with Gasteiger partial charge in [0.2, 0.25) is 0 Å². The van der Waals surface area contributed by atoms with E-state index in [0.717, 1.165) is 18.5 Å². The Hall–Kier alpha value is -1.62. The highest BCUT2D eigenvalue weighted by Gasteiger charge is 2.36. The van der Waals surface area contributed by atoms with E-state index >= 15 is 0 Å². The van der Waals surface area contributed by atoms with E-state index in [1.807, 2.05) is 11.8 Å². The molecule has 1 heterocycles. The van der Waals surface area contributed by atoms with Gasteiger partial charge >= 0.3 is 5.97 Å². The first-order valence-electron chi connectivity index (χ1n) is 6.90. The minimum absolute atomic E-state index is 0.135. The molecule has 5 heteroatoms. The van der Waals surface area contributed by atoms with E-state index in [-0.39, 0.29) is 11.9 Å². The van der Waals surface area contributed by atoms with Crippen molar-refractivity contribution in [1.29, 1.82) is 0 Å². The molecule has 0 aliphatic carbocycles. The van der Waals surface area contributed by atoms with Crippen LogP contribution in [0.25, 0.3) is 0 Å². The molecule has 0 saturated carbocycles. The third-order valence-electron chi connectivity index (χ3n) is 3.92. The number of aliphatic carboxylic acids is 1. The normalized spacial score (nSPS) is 20.9. The molecule has 2 atom stereocenters. The van der Waals surface area contributed by atoms with Gasteiger partial charge in [-0.2, -0.15) is 0 Å². The summed E-state index contributed by atoms with van der Waals surface area (Å²) in [5.74, 6) is -0.532. The van der Waals surface area contributed by atoms with E-state index in [0.29, 0.717) is 18.6 Å². The molecule has 1 aromatic rings. The van der Waals surface area contributed by atoms with Crippen molar-refractivity contribution in [3.8, 4) is 5.75 Å². The monoisotopic (exact) mass is 281 g/mol. The number of nitrogens with zero attached hydrogens (tertiary/aromatic N) is 1. The fourth-order valence-corrected chi connectivity index (χ4v) is 3.03. The standard InChI is InChI=1S/C15H20FNO3/c1-3-12(17-8-4-5-13(17)15(18)19)11-9-10(16)6-7-14(11)20-2/h6-7,9,12-13H,3-5,8H2,1-2H3,(H,18,19). The van der Waals surface area contributed by atoms with Crippen molar-refractivity contribution in [2.45, 2.75) is 38.3 Å². The Bertz CT molecular complexity index is 492. The minimum Gasteiger partial charge on any atom is -0.496 e. The summed E-state index contributed by atoms with van der Waals surface area (Å²) in [6, 6.07) is 3.77. The van der Waals surface area contributed by atoms with Crippen LogP contribution in [0.2, 0.25) is 0 Å². The van der Waals surface area contributed by atoms with Gasteiger partial charge in [-0.15, -0.1) is 0 Å². The van der Waals surface area contributed by atoms with Gasteiger partial charge in [0.25, 0.3) is 0 Å². The number of rotatable bonds is 5. The maximum absolute atomic E-state index is 13.5. The zero-order valence-electron chi connectivity index (χ0n) is 11.8. The maximum Gasteiger partial charge on any atom is 0.320 e. The number of hydrogen-bond acceptors (Lipinski definition) is 3. The number of likely N-dealkylation sites (tertiary alicyclic amines) is 1. The quantitative estimate of drug-likeness (QED) is 0.901. The first-order chi connectivity index (χ1) is 9.58. The molecule has 4 nitrogen and oxygen atoms in total. The largest absolute Gasteiger partial charge is 0.496 e. The molecule has 0 radical (unpaired) electrons. The van der Waals surface area contributed by atoms with Gasteiger partial charge in [0.1, 0.15) is 17.6 Å². The molecule has 0 bridgehead atoms. The Labute approximate surface area is 118 Å². The summed E-state index contributed by atoms with van der Waals surface area (Å²) in [5, 5.41) is 9.31. The fourth-order valence-electron chi connectivity index (χ4n) is 3.03. The predicted molar refractivity (Wildman–Crippen MR) is 73.3 cm³/mol. The van der Waals surface area contributed by atoms with Crippen LogP contribution in [-0.4, -0.2) is 35.7 Å². The summed E-state index contributed by atoms with van der Waals surface area (Å²) in [4.78, 5) is 13.3. The molecule has 1 aliphatic heterocycles. The zero-order chi connectivity index (χ0) is 14.7. The topological polar surface area (TPSA) is 49.8 Å². The van der Waals surface area contributed by atoms with Crippen molar-refractivity contribution in [1.82, 2.24) is 4.90 Å². The molecule has 1 saturated heterocycles. The molecule has 1 aromatic carbocycles. The molecular formula is C15H20FNO3. The molecule has 0 amide bonds. The van der Waals surface area contributed by atoms with E-state index < -0.39 is 12.0 Å². The number of ether oxygens (including phenoxy) is 1. The molecule has 20 heavy (non-hydrogen) atoms. The molecular weight excluding hydrogens is 261 g/mol. The highest BCUT2D eigenvalue weighted by atomic mass is 19.1. The first kappa shape index (κ1) is 14.8. The van der Waals surface area contributed by atoms with Crippen molar-refractivity contribution in [2.75, 3.05) is 13.7 Å². The van der Waals surface area contributed by atoms with Crippen LogP contribution in [0.5, 0.6) is 5.75 Å². The van der Waals surface area contributed by atoms with E-state index in [1.165, 1.54) is 12.1 Å². The molecule has 1 fully saturated rings. The molecule has 0 spiro atoms. The third-order valence-corrected chi connectivity index (χ3v) is 3.92. The summed E-state index contributed by atoms with van der Waals surface area (Å²) in [6.45, 7) is 2.70. The lowest BCUT2D eigenvalue weighted by atomic mass is 10.0. The number of carboxylic acid groups (broad SMARTS) is 1. The second-order valence-corrected chi connectivity index (χ2v) is 5.04. The summed E-state index contributed by atoms with van der Waals surface area (Å²) in [6.07, 6.45) is 2.21. The number of halogens is 1. The molecule has 0 aromatic heterocycles. The van der Waals surface area contributed by atoms with Gasteiger partial charge < -0.3 is 9.84 Å². The van der Waals surface area contributed by atoms with Crippen LogP contribution in [0, 0.1) is 5.82 Å². The fraction of sp³-hybridized carbons (Fsp3) is 0.533. The average molecular weight is 281 g/mol. The predicted octanol–water partition coefficient (Wildman–Crippen LogP) is 2.83. The summed E-state index contributed by atoms with van der Waals surface area (Å²) in [7, 11) is 1.54. The lowest BCUT2D eigenvalue weighted by Crippen LogP contribution is -2.38. The average Bonchev–Trinajstić information content (AvgIpc) is 2.89. The van der Waals surface area contributed by atoms with Crippen molar-refractivity contribution in [2.24, 2.45) is 0 Å². The number of methoxy groups -OCH3 is 1. The zero-order valence-corrected chi connectivity index (χ0v) is 11.8. The lowest BCUT2D eigenvalue weighted by Gasteiger charge is -2.31. The van der Waals surface area contributed by atoms with Gasteiger partial charge in [-0.05, 0) is 44.0 Å². The molecule has 2 rings (SSSR count). The Morgan fingerprint density at radius 3 is 2.95 bits per heavy atom. The Kier molecular flexibility index (Phi) is 4.60. The number of hydrogen-bond donors (Lipinski definition) is 1. The van der Waals surface area contributed by atoms with Crippen molar-refractivity contribution < 1.29 is 19.0 Å². The van der Waals surface area contributed by atoms with Gasteiger partial charge in [0.05, 0.1) is 7.11 Å². The van der Waals surface area contributed by atoms with Gasteiger partial charge in [0, 0.05) is 11.6 Å². The first-order valence-corrected chi connectivity index (χ1v) is 6.90. The third kappa shape index (κ3) is 2.77. The van der Waals surface area contributed by atoms with Crippen molar-refractivity contribution >= 4 is 5.97 Å². The van der Waals surface area contributed by atoms with Crippen LogP contribution in [0.1, 0.15) is 37.8 Å². The minimum atomic E-state index is -0.809. The van der Waals surface area contributed by atoms with Crippen LogP contribution < -0.4 is 4.74 Å². The van der Waals surface area contributed by atoms with Crippen LogP contribution in [0.4, 0.5) is 4.39 Å². The van der Waals surface area contributed by atoms with Crippen molar-refractivity contribution in [3.05, 3.63) is 29.6 Å². The van der Waals surface area contributed by atoms with Gasteiger partial charge in [-0.25, -0.2) is 4.39 Å². The highest BCUT2D eigenvalue weighted by Crippen LogP contribution is 2.36. The van der Waals surface area contributed by atoms with Crippen LogP contribution in [0.3, 0.4) is 0 Å². The van der Waals surface area contributed by atoms with Gasteiger partial charge in [-0.1, -0.05) is 6.92 Å². The summed E-state index contributed by atoms with van der Waals surface area (Å²) < 4.78 is 18.8. The molecule has 110 valence electrons. The Balaban J connectivity index is 2.37. The second-order valence-electron chi connectivity index (χ2n) is 5.04.